The molecule has 2 nitrogen and oxygen atoms in total. The third kappa shape index (κ3) is 3.05. The Morgan fingerprint density at radius 2 is 2.17 bits per heavy atom. The first-order valence-corrected chi connectivity index (χ1v) is 7.31. The van der Waals surface area contributed by atoms with Crippen molar-refractivity contribution in [3.63, 3.8) is 0 Å². The number of anilines is 1. The molecule has 1 heterocycles. The first-order valence-electron chi connectivity index (χ1n) is 7.31. The van der Waals surface area contributed by atoms with Crippen molar-refractivity contribution >= 4 is 5.69 Å². The fourth-order valence-electron chi connectivity index (χ4n) is 3.02. The van der Waals surface area contributed by atoms with E-state index in [0.717, 1.165) is 25.4 Å². The SMILES string of the molecule is CCCC(C)CN1CCCC(N)c2ccccc21. The zero-order valence-corrected chi connectivity index (χ0v) is 11.7. The molecule has 1 aromatic carbocycles. The van der Waals surface area contributed by atoms with E-state index in [1.807, 2.05) is 0 Å². The van der Waals surface area contributed by atoms with Crippen molar-refractivity contribution in [2.75, 3.05) is 18.0 Å². The zero-order chi connectivity index (χ0) is 13.0. The summed E-state index contributed by atoms with van der Waals surface area (Å²) >= 11 is 0. The second-order valence-corrected chi connectivity index (χ2v) is 5.65. The minimum absolute atomic E-state index is 0.215. The molecule has 18 heavy (non-hydrogen) atoms. The summed E-state index contributed by atoms with van der Waals surface area (Å²) in [7, 11) is 0. The van der Waals surface area contributed by atoms with Crippen LogP contribution in [-0.2, 0) is 0 Å². The van der Waals surface area contributed by atoms with Gasteiger partial charge in [0.1, 0.15) is 0 Å². The summed E-state index contributed by atoms with van der Waals surface area (Å²) in [5.74, 6) is 0.761. The molecule has 1 aliphatic rings. The van der Waals surface area contributed by atoms with Crippen LogP contribution in [0.5, 0.6) is 0 Å². The van der Waals surface area contributed by atoms with Crippen LogP contribution in [0.4, 0.5) is 5.69 Å². The van der Waals surface area contributed by atoms with Crippen LogP contribution in [0.1, 0.15) is 51.1 Å². The first-order chi connectivity index (χ1) is 8.72. The van der Waals surface area contributed by atoms with Crippen LogP contribution in [0.15, 0.2) is 24.3 Å². The average molecular weight is 246 g/mol. The number of rotatable bonds is 4. The molecule has 0 saturated heterocycles. The second-order valence-electron chi connectivity index (χ2n) is 5.65. The van der Waals surface area contributed by atoms with Crippen LogP contribution in [0.3, 0.4) is 0 Å². The lowest BCUT2D eigenvalue weighted by atomic mass is 10.0. The lowest BCUT2D eigenvalue weighted by Crippen LogP contribution is -2.29. The van der Waals surface area contributed by atoms with E-state index in [1.54, 1.807) is 0 Å². The van der Waals surface area contributed by atoms with Gasteiger partial charge >= 0.3 is 0 Å². The van der Waals surface area contributed by atoms with Gasteiger partial charge in [0, 0.05) is 24.8 Å². The molecule has 1 aromatic rings. The van der Waals surface area contributed by atoms with E-state index >= 15 is 0 Å². The Hall–Kier alpha value is -1.02. The molecule has 2 atom stereocenters. The Morgan fingerprint density at radius 1 is 1.39 bits per heavy atom. The van der Waals surface area contributed by atoms with Crippen molar-refractivity contribution < 1.29 is 0 Å². The van der Waals surface area contributed by atoms with Gasteiger partial charge in [-0.1, -0.05) is 38.5 Å². The van der Waals surface area contributed by atoms with Gasteiger partial charge in [-0.2, -0.15) is 0 Å². The van der Waals surface area contributed by atoms with Crippen LogP contribution in [0, 0.1) is 5.92 Å². The van der Waals surface area contributed by atoms with E-state index < -0.39 is 0 Å². The molecule has 0 spiro atoms. The smallest absolute Gasteiger partial charge is 0.0414 e. The summed E-state index contributed by atoms with van der Waals surface area (Å²) in [6, 6.07) is 8.89. The van der Waals surface area contributed by atoms with Gasteiger partial charge in [-0.15, -0.1) is 0 Å². The monoisotopic (exact) mass is 246 g/mol. The number of nitrogens with two attached hydrogens (primary N) is 1. The van der Waals surface area contributed by atoms with Crippen molar-refractivity contribution in [2.45, 2.75) is 45.6 Å². The fourth-order valence-corrected chi connectivity index (χ4v) is 3.02. The maximum atomic E-state index is 6.27. The van der Waals surface area contributed by atoms with Crippen LogP contribution < -0.4 is 10.6 Å². The van der Waals surface area contributed by atoms with E-state index in [-0.39, 0.29) is 6.04 Å². The van der Waals surface area contributed by atoms with Crippen molar-refractivity contribution in [3.8, 4) is 0 Å². The van der Waals surface area contributed by atoms with Crippen molar-refractivity contribution in [3.05, 3.63) is 29.8 Å². The lowest BCUT2D eigenvalue weighted by Gasteiger charge is -2.28. The first kappa shape index (κ1) is 13.4. The maximum Gasteiger partial charge on any atom is 0.0414 e. The quantitative estimate of drug-likeness (QED) is 0.877. The molecular formula is C16H26N2. The maximum absolute atomic E-state index is 6.27. The Kier molecular flexibility index (Phi) is 4.65. The molecule has 0 radical (unpaired) electrons. The van der Waals surface area contributed by atoms with Gasteiger partial charge in [0.05, 0.1) is 0 Å². The molecular weight excluding hydrogens is 220 g/mol. The summed E-state index contributed by atoms with van der Waals surface area (Å²) in [6.45, 7) is 6.94. The van der Waals surface area contributed by atoms with Crippen molar-refractivity contribution in [1.29, 1.82) is 0 Å². The van der Waals surface area contributed by atoms with Gasteiger partial charge in [-0.3, -0.25) is 0 Å². The zero-order valence-electron chi connectivity index (χ0n) is 11.7. The summed E-state index contributed by atoms with van der Waals surface area (Å²) < 4.78 is 0. The van der Waals surface area contributed by atoms with Crippen molar-refractivity contribution in [2.24, 2.45) is 11.7 Å². The number of fused-ring (bicyclic) bond motifs is 1. The number of hydrogen-bond donors (Lipinski definition) is 1. The molecule has 0 bridgehead atoms. The number of para-hydroxylation sites is 1. The van der Waals surface area contributed by atoms with Crippen molar-refractivity contribution in [1.82, 2.24) is 0 Å². The highest BCUT2D eigenvalue weighted by Crippen LogP contribution is 2.31. The van der Waals surface area contributed by atoms with Gasteiger partial charge in [-0.25, -0.2) is 0 Å². The average Bonchev–Trinajstić information content (AvgIpc) is 2.51. The third-order valence-corrected chi connectivity index (χ3v) is 3.93. The molecule has 0 aliphatic carbocycles. The molecule has 2 unspecified atom stereocenters. The predicted molar refractivity (Wildman–Crippen MR) is 78.9 cm³/mol. The number of nitrogens with zero attached hydrogens (tertiary/aromatic N) is 1. The highest BCUT2D eigenvalue weighted by atomic mass is 15.1. The Labute approximate surface area is 111 Å². The molecule has 2 N–H and O–H groups in total. The summed E-state index contributed by atoms with van der Waals surface area (Å²) in [5.41, 5.74) is 8.97. The van der Waals surface area contributed by atoms with Crippen LogP contribution >= 0.6 is 0 Å². The van der Waals surface area contributed by atoms with Gasteiger partial charge < -0.3 is 10.6 Å². The van der Waals surface area contributed by atoms with Gasteiger partial charge in [0.15, 0.2) is 0 Å². The highest BCUT2D eigenvalue weighted by molar-refractivity contribution is 5.55. The molecule has 0 fully saturated rings. The fraction of sp³-hybridized carbons (Fsp3) is 0.625. The number of benzene rings is 1. The Balaban J connectivity index is 2.18. The topological polar surface area (TPSA) is 29.3 Å². The molecule has 100 valence electrons. The largest absolute Gasteiger partial charge is 0.371 e. The van der Waals surface area contributed by atoms with E-state index in [0.29, 0.717) is 0 Å². The van der Waals surface area contributed by atoms with Crippen LogP contribution in [0.25, 0.3) is 0 Å². The van der Waals surface area contributed by atoms with Crippen LogP contribution in [-0.4, -0.2) is 13.1 Å². The van der Waals surface area contributed by atoms with E-state index in [2.05, 4.69) is 43.0 Å². The molecule has 0 amide bonds. The van der Waals surface area contributed by atoms with E-state index in [1.165, 1.54) is 30.5 Å². The predicted octanol–water partition coefficient (Wildman–Crippen LogP) is 3.72. The summed E-state index contributed by atoms with van der Waals surface area (Å²) in [4.78, 5) is 2.54. The molecule has 0 aromatic heterocycles. The lowest BCUT2D eigenvalue weighted by molar-refractivity contribution is 0.508. The van der Waals surface area contributed by atoms with Gasteiger partial charge in [0.25, 0.3) is 0 Å². The Bertz CT molecular complexity index is 375. The minimum Gasteiger partial charge on any atom is -0.371 e. The molecule has 0 saturated carbocycles. The molecule has 1 aliphatic heterocycles. The number of hydrogen-bond acceptors (Lipinski definition) is 2. The molecule has 2 rings (SSSR count). The minimum atomic E-state index is 0.215. The highest BCUT2D eigenvalue weighted by Gasteiger charge is 2.20. The third-order valence-electron chi connectivity index (χ3n) is 3.93. The molecule has 2 heteroatoms. The summed E-state index contributed by atoms with van der Waals surface area (Å²) in [6.07, 6.45) is 4.89. The Morgan fingerprint density at radius 3 is 2.94 bits per heavy atom. The van der Waals surface area contributed by atoms with E-state index in [4.69, 9.17) is 5.73 Å². The van der Waals surface area contributed by atoms with Crippen LogP contribution in [0.2, 0.25) is 0 Å². The standard InChI is InChI=1S/C16H26N2/c1-3-7-13(2)12-18-11-6-9-15(17)14-8-4-5-10-16(14)18/h4-5,8,10,13,15H,3,6-7,9,11-12,17H2,1-2H3. The second kappa shape index (κ2) is 6.24. The van der Waals surface area contributed by atoms with Gasteiger partial charge in [-0.05, 0) is 36.8 Å². The van der Waals surface area contributed by atoms with E-state index in [9.17, 15) is 0 Å². The summed E-state index contributed by atoms with van der Waals surface area (Å²) in [5, 5.41) is 0. The normalized spacial score (nSPS) is 21.3. The van der Waals surface area contributed by atoms with Gasteiger partial charge in [0.2, 0.25) is 0 Å².